The van der Waals surface area contributed by atoms with E-state index in [-0.39, 0.29) is 30.0 Å². The summed E-state index contributed by atoms with van der Waals surface area (Å²) in [5.41, 5.74) is 3.59. The Balaban J connectivity index is 1.54. The van der Waals surface area contributed by atoms with Gasteiger partial charge in [-0.3, -0.25) is 9.59 Å². The molecular weight excluding hydrogens is 378 g/mol. The topological polar surface area (TPSA) is 92.7 Å². The number of carbonyl (C=O) groups excluding carboxylic acids is 1. The van der Waals surface area contributed by atoms with Crippen LogP contribution in [0.15, 0.2) is 35.1 Å². The number of aryl methyl sites for hydroxylation is 2. The van der Waals surface area contributed by atoms with Crippen molar-refractivity contribution in [1.29, 1.82) is 0 Å². The molecule has 2 aromatic heterocycles. The molecule has 0 fully saturated rings. The molecule has 158 valence electrons. The van der Waals surface area contributed by atoms with Crippen molar-refractivity contribution in [1.82, 2.24) is 25.1 Å². The largest absolute Gasteiger partial charge is 0.344 e. The summed E-state index contributed by atoms with van der Waals surface area (Å²) < 4.78 is 1.30. The first-order chi connectivity index (χ1) is 14.5. The maximum Gasteiger partial charge on any atom is 0.267 e. The quantitative estimate of drug-likeness (QED) is 0.613. The highest BCUT2D eigenvalue weighted by Gasteiger charge is 2.24. The normalized spacial score (nSPS) is 15.9. The SMILES string of the molecule is CC[C@@H](C)[C@@H](NC(=O)Cn1nc2c(cc1=O)CCCCC2)c1nc2ccccc2[nH]1. The highest BCUT2D eigenvalue weighted by atomic mass is 16.2. The molecule has 2 atom stereocenters. The van der Waals surface area contributed by atoms with Crippen molar-refractivity contribution >= 4 is 16.9 Å². The summed E-state index contributed by atoms with van der Waals surface area (Å²) in [4.78, 5) is 33.4. The van der Waals surface area contributed by atoms with Crippen LogP contribution in [0.3, 0.4) is 0 Å². The Morgan fingerprint density at radius 2 is 2.03 bits per heavy atom. The summed E-state index contributed by atoms with van der Waals surface area (Å²) in [6.45, 7) is 4.09. The Bertz CT molecular complexity index is 1070. The third-order valence-electron chi connectivity index (χ3n) is 6.05. The number of fused-ring (bicyclic) bond motifs is 2. The van der Waals surface area contributed by atoms with Crippen molar-refractivity contribution in [3.05, 3.63) is 57.8 Å². The molecule has 0 unspecified atom stereocenters. The average molecular weight is 408 g/mol. The van der Waals surface area contributed by atoms with Crippen molar-refractivity contribution in [2.24, 2.45) is 5.92 Å². The van der Waals surface area contributed by atoms with E-state index in [4.69, 9.17) is 0 Å². The number of hydrogen-bond donors (Lipinski definition) is 2. The molecule has 7 heteroatoms. The number of aromatic nitrogens is 4. The van der Waals surface area contributed by atoms with Gasteiger partial charge in [-0.1, -0.05) is 38.8 Å². The lowest BCUT2D eigenvalue weighted by Gasteiger charge is -2.22. The maximum absolute atomic E-state index is 12.9. The molecule has 3 aromatic rings. The van der Waals surface area contributed by atoms with E-state index in [0.29, 0.717) is 0 Å². The van der Waals surface area contributed by atoms with E-state index in [1.54, 1.807) is 6.07 Å². The molecule has 0 aliphatic heterocycles. The summed E-state index contributed by atoms with van der Waals surface area (Å²) in [6.07, 6.45) is 5.97. The van der Waals surface area contributed by atoms with E-state index < -0.39 is 0 Å². The summed E-state index contributed by atoms with van der Waals surface area (Å²) in [5.74, 6) is 0.691. The van der Waals surface area contributed by atoms with Gasteiger partial charge in [-0.2, -0.15) is 5.10 Å². The zero-order valence-corrected chi connectivity index (χ0v) is 17.6. The fourth-order valence-corrected chi connectivity index (χ4v) is 4.08. The van der Waals surface area contributed by atoms with Gasteiger partial charge >= 0.3 is 0 Å². The van der Waals surface area contributed by atoms with Gasteiger partial charge in [0.05, 0.1) is 22.8 Å². The Hall–Kier alpha value is -2.96. The minimum Gasteiger partial charge on any atom is -0.344 e. The van der Waals surface area contributed by atoms with Crippen LogP contribution < -0.4 is 10.9 Å². The molecule has 1 aliphatic rings. The van der Waals surface area contributed by atoms with Crippen LogP contribution in [0.25, 0.3) is 11.0 Å². The number of H-pyrrole nitrogens is 1. The predicted molar refractivity (Wildman–Crippen MR) is 116 cm³/mol. The van der Waals surface area contributed by atoms with Gasteiger partial charge in [0, 0.05) is 6.07 Å². The monoisotopic (exact) mass is 407 g/mol. The van der Waals surface area contributed by atoms with Crippen LogP contribution in [0.5, 0.6) is 0 Å². The van der Waals surface area contributed by atoms with E-state index in [1.165, 1.54) is 4.68 Å². The van der Waals surface area contributed by atoms with Gasteiger partial charge in [0.15, 0.2) is 0 Å². The van der Waals surface area contributed by atoms with Crippen molar-refractivity contribution < 1.29 is 4.79 Å². The second kappa shape index (κ2) is 8.81. The highest BCUT2D eigenvalue weighted by molar-refractivity contribution is 5.77. The number of nitrogens with one attached hydrogen (secondary N) is 2. The summed E-state index contributed by atoms with van der Waals surface area (Å²) in [6, 6.07) is 9.22. The van der Waals surface area contributed by atoms with E-state index in [2.05, 4.69) is 34.2 Å². The number of imidazole rings is 1. The summed E-state index contributed by atoms with van der Waals surface area (Å²) >= 11 is 0. The fraction of sp³-hybridized carbons (Fsp3) is 0.478. The molecule has 0 saturated heterocycles. The van der Waals surface area contributed by atoms with E-state index in [9.17, 15) is 9.59 Å². The summed E-state index contributed by atoms with van der Waals surface area (Å²) in [7, 11) is 0. The van der Waals surface area contributed by atoms with Crippen molar-refractivity contribution in [2.45, 2.75) is 65.0 Å². The zero-order chi connectivity index (χ0) is 21.1. The van der Waals surface area contributed by atoms with E-state index >= 15 is 0 Å². The molecule has 0 saturated carbocycles. The van der Waals surface area contributed by atoms with Gasteiger partial charge in [-0.15, -0.1) is 0 Å². The minimum atomic E-state index is -0.258. The Morgan fingerprint density at radius 1 is 1.23 bits per heavy atom. The van der Waals surface area contributed by atoms with Crippen LogP contribution in [0, 0.1) is 5.92 Å². The van der Waals surface area contributed by atoms with Crippen LogP contribution in [0.2, 0.25) is 0 Å². The first kappa shape index (κ1) is 20.3. The molecule has 7 nitrogen and oxygen atoms in total. The number of amides is 1. The lowest BCUT2D eigenvalue weighted by Crippen LogP contribution is -2.38. The van der Waals surface area contributed by atoms with Crippen molar-refractivity contribution in [2.75, 3.05) is 0 Å². The lowest BCUT2D eigenvalue weighted by molar-refractivity contribution is -0.123. The van der Waals surface area contributed by atoms with Crippen LogP contribution in [0.1, 0.15) is 62.7 Å². The van der Waals surface area contributed by atoms with Gasteiger partial charge in [0.1, 0.15) is 12.4 Å². The molecule has 0 bridgehead atoms. The molecule has 0 radical (unpaired) electrons. The van der Waals surface area contributed by atoms with Gasteiger partial charge in [-0.05, 0) is 49.3 Å². The van der Waals surface area contributed by atoms with Crippen molar-refractivity contribution in [3.8, 4) is 0 Å². The number of carbonyl (C=O) groups is 1. The number of rotatable bonds is 6. The van der Waals surface area contributed by atoms with Gasteiger partial charge in [0.2, 0.25) is 5.91 Å². The van der Waals surface area contributed by atoms with Crippen molar-refractivity contribution in [3.63, 3.8) is 0 Å². The van der Waals surface area contributed by atoms with Gasteiger partial charge < -0.3 is 10.3 Å². The molecular formula is C23H29N5O2. The van der Waals surface area contributed by atoms with Crippen LogP contribution in [-0.4, -0.2) is 25.7 Å². The van der Waals surface area contributed by atoms with E-state index in [1.807, 2.05) is 24.3 Å². The highest BCUT2D eigenvalue weighted by Crippen LogP contribution is 2.24. The first-order valence-electron chi connectivity index (χ1n) is 10.9. The Kier molecular flexibility index (Phi) is 5.97. The Labute approximate surface area is 175 Å². The molecule has 4 rings (SSSR count). The maximum atomic E-state index is 12.9. The lowest BCUT2D eigenvalue weighted by atomic mass is 9.98. The third-order valence-corrected chi connectivity index (χ3v) is 6.05. The smallest absolute Gasteiger partial charge is 0.267 e. The number of hydrogen-bond acceptors (Lipinski definition) is 4. The average Bonchev–Trinajstić information content (AvgIpc) is 3.05. The second-order valence-electron chi connectivity index (χ2n) is 8.24. The predicted octanol–water partition coefficient (Wildman–Crippen LogP) is 3.29. The van der Waals surface area contributed by atoms with Crippen LogP contribution >= 0.6 is 0 Å². The van der Waals surface area contributed by atoms with Gasteiger partial charge in [-0.25, -0.2) is 9.67 Å². The molecule has 2 heterocycles. The summed E-state index contributed by atoms with van der Waals surface area (Å²) in [5, 5.41) is 7.59. The number of benzene rings is 1. The number of aromatic amines is 1. The molecule has 1 amide bonds. The number of nitrogens with zero attached hydrogens (tertiary/aromatic N) is 3. The first-order valence-corrected chi connectivity index (χ1v) is 10.9. The molecule has 1 aliphatic carbocycles. The molecule has 0 spiro atoms. The minimum absolute atomic E-state index is 0.0841. The molecule has 1 aromatic carbocycles. The van der Waals surface area contributed by atoms with Gasteiger partial charge in [0.25, 0.3) is 5.56 Å². The number of para-hydroxylation sites is 2. The standard InChI is InChI=1S/C23H29N5O2/c1-3-15(2)22(23-24-18-11-7-8-12-19(18)25-23)26-20(29)14-28-21(30)13-16-9-5-4-6-10-17(16)27-28/h7-8,11-13,15,22H,3-6,9-10,14H2,1-2H3,(H,24,25)(H,26,29)/t15-,22-/m1/s1. The second-order valence-corrected chi connectivity index (χ2v) is 8.24. The third kappa shape index (κ3) is 4.30. The molecule has 30 heavy (non-hydrogen) atoms. The fourth-order valence-electron chi connectivity index (χ4n) is 4.08. The van der Waals surface area contributed by atoms with E-state index in [0.717, 1.165) is 66.6 Å². The Morgan fingerprint density at radius 3 is 2.83 bits per heavy atom. The zero-order valence-electron chi connectivity index (χ0n) is 17.6. The van der Waals surface area contributed by atoms with Crippen LogP contribution in [0.4, 0.5) is 0 Å². The molecule has 2 N–H and O–H groups in total. The van der Waals surface area contributed by atoms with Crippen LogP contribution in [-0.2, 0) is 24.2 Å².